The van der Waals surface area contributed by atoms with Gasteiger partial charge in [-0.15, -0.1) is 0 Å². The van der Waals surface area contributed by atoms with Crippen molar-refractivity contribution in [3.8, 4) is 0 Å². The average molecular weight is 357 g/mol. The molecule has 1 N–H and O–H groups in total. The van der Waals surface area contributed by atoms with Gasteiger partial charge in [-0.1, -0.05) is 6.07 Å². The third-order valence-corrected chi connectivity index (χ3v) is 5.37. The molecule has 0 saturated carbocycles. The predicted octanol–water partition coefficient (Wildman–Crippen LogP) is 1.94. The van der Waals surface area contributed by atoms with E-state index in [0.717, 1.165) is 69.5 Å². The SMILES string of the molecule is OCCn1nc(C2CCOCC2)nc1[C@H]1CCCN(c2ccccn2)C1. The highest BCUT2D eigenvalue weighted by Crippen LogP contribution is 2.31. The van der Waals surface area contributed by atoms with E-state index in [1.54, 1.807) is 0 Å². The lowest BCUT2D eigenvalue weighted by atomic mass is 9.96. The summed E-state index contributed by atoms with van der Waals surface area (Å²) in [7, 11) is 0. The Morgan fingerprint density at radius 1 is 1.15 bits per heavy atom. The highest BCUT2D eigenvalue weighted by molar-refractivity contribution is 5.39. The fourth-order valence-corrected chi connectivity index (χ4v) is 4.00. The summed E-state index contributed by atoms with van der Waals surface area (Å²) >= 11 is 0. The molecule has 140 valence electrons. The third-order valence-electron chi connectivity index (χ3n) is 5.37. The van der Waals surface area contributed by atoms with Crippen molar-refractivity contribution in [1.29, 1.82) is 0 Å². The van der Waals surface area contributed by atoms with Crippen molar-refractivity contribution in [3.63, 3.8) is 0 Å². The second kappa shape index (κ2) is 8.14. The van der Waals surface area contributed by atoms with Crippen LogP contribution in [0.4, 0.5) is 5.82 Å². The van der Waals surface area contributed by atoms with E-state index in [1.807, 2.05) is 23.0 Å². The molecule has 1 atom stereocenters. The second-order valence-corrected chi connectivity index (χ2v) is 7.13. The van der Waals surface area contributed by atoms with Crippen LogP contribution < -0.4 is 4.90 Å². The van der Waals surface area contributed by atoms with E-state index in [2.05, 4.69) is 16.0 Å². The predicted molar refractivity (Wildman–Crippen MR) is 98.3 cm³/mol. The minimum Gasteiger partial charge on any atom is -0.394 e. The Kier molecular flexibility index (Phi) is 5.45. The normalized spacial score (nSPS) is 21.9. The molecule has 0 amide bonds. The fraction of sp³-hybridized carbons (Fsp3) is 0.632. The van der Waals surface area contributed by atoms with Crippen molar-refractivity contribution >= 4 is 5.82 Å². The Balaban J connectivity index is 1.56. The van der Waals surface area contributed by atoms with Crippen LogP contribution in [0.2, 0.25) is 0 Å². The first-order chi connectivity index (χ1) is 12.8. The summed E-state index contributed by atoms with van der Waals surface area (Å²) in [6.07, 6.45) is 6.01. The van der Waals surface area contributed by atoms with Gasteiger partial charge in [0.2, 0.25) is 0 Å². The van der Waals surface area contributed by atoms with Crippen molar-refractivity contribution in [2.45, 2.75) is 44.1 Å². The van der Waals surface area contributed by atoms with Crippen molar-refractivity contribution in [2.24, 2.45) is 0 Å². The van der Waals surface area contributed by atoms with Crippen molar-refractivity contribution in [2.75, 3.05) is 37.8 Å². The molecule has 4 rings (SSSR count). The molecule has 7 nitrogen and oxygen atoms in total. The molecule has 2 aromatic heterocycles. The first kappa shape index (κ1) is 17.4. The quantitative estimate of drug-likeness (QED) is 0.881. The molecule has 2 aliphatic heterocycles. The Morgan fingerprint density at radius 2 is 2.04 bits per heavy atom. The molecule has 2 aliphatic rings. The van der Waals surface area contributed by atoms with Gasteiger partial charge in [-0.25, -0.2) is 14.6 Å². The molecular formula is C19H27N5O2. The first-order valence-electron chi connectivity index (χ1n) is 9.64. The van der Waals surface area contributed by atoms with Crippen LogP contribution in [-0.2, 0) is 11.3 Å². The number of rotatable bonds is 5. The number of ether oxygens (including phenoxy) is 1. The van der Waals surface area contributed by atoms with E-state index in [4.69, 9.17) is 14.8 Å². The van der Waals surface area contributed by atoms with Gasteiger partial charge >= 0.3 is 0 Å². The van der Waals surface area contributed by atoms with Crippen LogP contribution in [0.1, 0.15) is 49.2 Å². The lowest BCUT2D eigenvalue weighted by molar-refractivity contribution is 0.0835. The van der Waals surface area contributed by atoms with Crippen LogP contribution in [0.25, 0.3) is 0 Å². The zero-order valence-corrected chi connectivity index (χ0v) is 15.1. The monoisotopic (exact) mass is 357 g/mol. The van der Waals surface area contributed by atoms with Gasteiger partial charge in [-0.3, -0.25) is 0 Å². The number of anilines is 1. The molecule has 0 bridgehead atoms. The summed E-state index contributed by atoms with van der Waals surface area (Å²) in [5.74, 6) is 3.65. The van der Waals surface area contributed by atoms with Crippen LogP contribution in [0.3, 0.4) is 0 Å². The molecule has 0 radical (unpaired) electrons. The molecule has 4 heterocycles. The Labute approximate surface area is 154 Å². The number of nitrogens with zero attached hydrogens (tertiary/aromatic N) is 5. The zero-order chi connectivity index (χ0) is 17.8. The summed E-state index contributed by atoms with van der Waals surface area (Å²) < 4.78 is 7.40. The Hall–Kier alpha value is -1.99. The largest absolute Gasteiger partial charge is 0.394 e. The number of piperidine rings is 1. The molecular weight excluding hydrogens is 330 g/mol. The van der Waals surface area contributed by atoms with Gasteiger partial charge in [0.05, 0.1) is 13.2 Å². The first-order valence-corrected chi connectivity index (χ1v) is 9.64. The number of pyridine rings is 1. The molecule has 2 aromatic rings. The summed E-state index contributed by atoms with van der Waals surface area (Å²) in [5.41, 5.74) is 0. The van der Waals surface area contributed by atoms with Gasteiger partial charge in [0.15, 0.2) is 5.82 Å². The molecule has 2 fully saturated rings. The number of aliphatic hydroxyl groups excluding tert-OH is 1. The highest BCUT2D eigenvalue weighted by atomic mass is 16.5. The average Bonchev–Trinajstić information content (AvgIpc) is 3.14. The maximum atomic E-state index is 9.46. The highest BCUT2D eigenvalue weighted by Gasteiger charge is 2.29. The van der Waals surface area contributed by atoms with Crippen LogP contribution >= 0.6 is 0 Å². The second-order valence-electron chi connectivity index (χ2n) is 7.13. The van der Waals surface area contributed by atoms with Gasteiger partial charge in [0.1, 0.15) is 11.6 Å². The van der Waals surface area contributed by atoms with E-state index in [-0.39, 0.29) is 6.61 Å². The zero-order valence-electron chi connectivity index (χ0n) is 15.1. The number of aliphatic hydroxyl groups is 1. The van der Waals surface area contributed by atoms with Gasteiger partial charge in [-0.2, -0.15) is 5.10 Å². The molecule has 7 heteroatoms. The van der Waals surface area contributed by atoms with E-state index in [9.17, 15) is 5.11 Å². The minimum atomic E-state index is 0.0836. The van der Waals surface area contributed by atoms with E-state index in [0.29, 0.717) is 18.4 Å². The van der Waals surface area contributed by atoms with Gasteiger partial charge in [0, 0.05) is 44.3 Å². The Morgan fingerprint density at radius 3 is 2.81 bits per heavy atom. The lowest BCUT2D eigenvalue weighted by Crippen LogP contribution is -2.36. The van der Waals surface area contributed by atoms with Gasteiger partial charge in [-0.05, 0) is 37.8 Å². The topological polar surface area (TPSA) is 76.3 Å². The van der Waals surface area contributed by atoms with Crippen molar-refractivity contribution in [1.82, 2.24) is 19.7 Å². The summed E-state index contributed by atoms with van der Waals surface area (Å²) in [6.45, 7) is 4.07. The van der Waals surface area contributed by atoms with Gasteiger partial charge in [0.25, 0.3) is 0 Å². The van der Waals surface area contributed by atoms with E-state index >= 15 is 0 Å². The number of hydrogen-bond acceptors (Lipinski definition) is 6. The maximum absolute atomic E-state index is 9.46. The van der Waals surface area contributed by atoms with Crippen LogP contribution in [0.15, 0.2) is 24.4 Å². The van der Waals surface area contributed by atoms with E-state index in [1.165, 1.54) is 0 Å². The molecule has 26 heavy (non-hydrogen) atoms. The van der Waals surface area contributed by atoms with Crippen molar-refractivity contribution < 1.29 is 9.84 Å². The van der Waals surface area contributed by atoms with Crippen LogP contribution in [-0.4, -0.2) is 57.8 Å². The lowest BCUT2D eigenvalue weighted by Gasteiger charge is -2.33. The third kappa shape index (κ3) is 3.73. The molecule has 0 unspecified atom stereocenters. The van der Waals surface area contributed by atoms with Crippen LogP contribution in [0.5, 0.6) is 0 Å². The molecule has 0 aromatic carbocycles. The van der Waals surface area contributed by atoms with E-state index < -0.39 is 0 Å². The summed E-state index contributed by atoms with van der Waals surface area (Å²) in [4.78, 5) is 11.8. The standard InChI is InChI=1S/C19H27N5O2/c25-11-10-24-19(21-18(22-24)15-6-12-26-13-7-15)16-4-3-9-23(14-16)17-5-1-2-8-20-17/h1-2,5,8,15-16,25H,3-4,6-7,9-14H2/t16-/m0/s1. The molecule has 0 aliphatic carbocycles. The number of aromatic nitrogens is 4. The Bertz CT molecular complexity index is 699. The minimum absolute atomic E-state index is 0.0836. The maximum Gasteiger partial charge on any atom is 0.154 e. The molecule has 0 spiro atoms. The van der Waals surface area contributed by atoms with Gasteiger partial charge < -0.3 is 14.7 Å². The smallest absolute Gasteiger partial charge is 0.154 e. The summed E-state index contributed by atoms with van der Waals surface area (Å²) in [6, 6.07) is 6.04. The number of hydrogen-bond donors (Lipinski definition) is 1. The van der Waals surface area contributed by atoms with Crippen molar-refractivity contribution in [3.05, 3.63) is 36.0 Å². The van der Waals surface area contributed by atoms with Crippen LogP contribution in [0, 0.1) is 0 Å². The summed E-state index contributed by atoms with van der Waals surface area (Å²) in [5, 5.41) is 14.2. The fourth-order valence-electron chi connectivity index (χ4n) is 4.00. The molecule has 2 saturated heterocycles.